The minimum atomic E-state index is -1.56. The SMILES string of the molecule is CC1(C)CCCC1NC(=O)NC[C@H](O)C(=O)O. The molecule has 2 amide bonds. The van der Waals surface area contributed by atoms with Gasteiger partial charge in [-0.15, -0.1) is 0 Å². The van der Waals surface area contributed by atoms with E-state index in [0.717, 1.165) is 19.3 Å². The Balaban J connectivity index is 2.33. The fourth-order valence-corrected chi connectivity index (χ4v) is 2.08. The lowest BCUT2D eigenvalue weighted by molar-refractivity contribution is -0.146. The molecule has 0 saturated heterocycles. The van der Waals surface area contributed by atoms with Crippen molar-refractivity contribution in [1.29, 1.82) is 0 Å². The number of carboxylic acids is 1. The van der Waals surface area contributed by atoms with Gasteiger partial charge in [0.05, 0.1) is 6.54 Å². The molecule has 98 valence electrons. The van der Waals surface area contributed by atoms with Crippen LogP contribution in [0.2, 0.25) is 0 Å². The molecule has 1 saturated carbocycles. The van der Waals surface area contributed by atoms with Crippen LogP contribution in [0.25, 0.3) is 0 Å². The Labute approximate surface area is 100 Å². The first-order valence-electron chi connectivity index (χ1n) is 5.78. The third kappa shape index (κ3) is 3.89. The molecule has 4 N–H and O–H groups in total. The Morgan fingerprint density at radius 2 is 2.12 bits per heavy atom. The molecule has 0 radical (unpaired) electrons. The van der Waals surface area contributed by atoms with Gasteiger partial charge in [0, 0.05) is 6.04 Å². The third-order valence-corrected chi connectivity index (χ3v) is 3.30. The summed E-state index contributed by atoms with van der Waals surface area (Å²) in [5.41, 5.74) is 0.0722. The molecule has 0 aliphatic heterocycles. The minimum absolute atomic E-state index is 0.0722. The van der Waals surface area contributed by atoms with Gasteiger partial charge in [-0.05, 0) is 18.3 Å². The van der Waals surface area contributed by atoms with Crippen LogP contribution in [0.1, 0.15) is 33.1 Å². The molecule has 2 atom stereocenters. The van der Waals surface area contributed by atoms with Crippen LogP contribution in [-0.2, 0) is 4.79 Å². The zero-order valence-corrected chi connectivity index (χ0v) is 10.2. The predicted octanol–water partition coefficient (Wildman–Crippen LogP) is 0.310. The van der Waals surface area contributed by atoms with Crippen molar-refractivity contribution >= 4 is 12.0 Å². The number of carbonyl (C=O) groups excluding carboxylic acids is 1. The van der Waals surface area contributed by atoms with Gasteiger partial charge in [-0.25, -0.2) is 9.59 Å². The summed E-state index contributed by atoms with van der Waals surface area (Å²) in [4.78, 5) is 21.8. The second-order valence-electron chi connectivity index (χ2n) is 5.14. The van der Waals surface area contributed by atoms with E-state index in [1.807, 2.05) is 0 Å². The highest BCUT2D eigenvalue weighted by Crippen LogP contribution is 2.36. The summed E-state index contributed by atoms with van der Waals surface area (Å²) < 4.78 is 0. The molecule has 0 aromatic rings. The number of aliphatic hydroxyl groups excluding tert-OH is 1. The van der Waals surface area contributed by atoms with Gasteiger partial charge in [0.1, 0.15) is 0 Å². The van der Waals surface area contributed by atoms with Crippen molar-refractivity contribution < 1.29 is 19.8 Å². The standard InChI is InChI=1S/C11H20N2O4/c1-11(2)5-3-4-8(11)13-10(17)12-6-7(14)9(15)16/h7-8,14H,3-6H2,1-2H3,(H,15,16)(H2,12,13,17)/t7-,8?/m0/s1. The predicted molar refractivity (Wildman–Crippen MR) is 61.6 cm³/mol. The Kier molecular flexibility index (Phi) is 4.34. The van der Waals surface area contributed by atoms with E-state index >= 15 is 0 Å². The molecule has 0 aromatic carbocycles. The van der Waals surface area contributed by atoms with E-state index < -0.39 is 18.1 Å². The molecule has 0 bridgehead atoms. The number of urea groups is 1. The summed E-state index contributed by atoms with van der Waals surface area (Å²) in [6, 6.07) is -0.324. The van der Waals surface area contributed by atoms with E-state index in [9.17, 15) is 9.59 Å². The van der Waals surface area contributed by atoms with Gasteiger partial charge in [0.15, 0.2) is 6.10 Å². The first kappa shape index (κ1) is 13.8. The molecule has 0 aromatic heterocycles. The molecule has 6 nitrogen and oxygen atoms in total. The second-order valence-corrected chi connectivity index (χ2v) is 5.14. The number of hydrogen-bond acceptors (Lipinski definition) is 3. The van der Waals surface area contributed by atoms with Crippen LogP contribution in [0.15, 0.2) is 0 Å². The summed E-state index contributed by atoms with van der Waals surface area (Å²) in [6.07, 6.45) is 1.52. The largest absolute Gasteiger partial charge is 0.479 e. The minimum Gasteiger partial charge on any atom is -0.479 e. The van der Waals surface area contributed by atoms with Crippen molar-refractivity contribution in [1.82, 2.24) is 10.6 Å². The first-order chi connectivity index (χ1) is 7.83. The fraction of sp³-hybridized carbons (Fsp3) is 0.818. The highest BCUT2D eigenvalue weighted by Gasteiger charge is 2.35. The number of aliphatic carboxylic acids is 1. The van der Waals surface area contributed by atoms with Crippen molar-refractivity contribution in [3.8, 4) is 0 Å². The lowest BCUT2D eigenvalue weighted by atomic mass is 9.87. The van der Waals surface area contributed by atoms with E-state index in [2.05, 4.69) is 24.5 Å². The van der Waals surface area contributed by atoms with Gasteiger partial charge in [-0.2, -0.15) is 0 Å². The Bertz CT molecular complexity index is 304. The van der Waals surface area contributed by atoms with Crippen LogP contribution in [0.5, 0.6) is 0 Å². The molecule has 1 fully saturated rings. The van der Waals surface area contributed by atoms with Crippen LogP contribution in [-0.4, -0.2) is 40.9 Å². The van der Waals surface area contributed by atoms with Crippen molar-refractivity contribution in [3.05, 3.63) is 0 Å². The van der Waals surface area contributed by atoms with E-state index in [1.165, 1.54) is 0 Å². The number of nitrogens with one attached hydrogen (secondary N) is 2. The summed E-state index contributed by atoms with van der Waals surface area (Å²) in [5.74, 6) is -1.34. The van der Waals surface area contributed by atoms with Gasteiger partial charge in [-0.3, -0.25) is 0 Å². The van der Waals surface area contributed by atoms with Crippen molar-refractivity contribution in [2.75, 3.05) is 6.54 Å². The Morgan fingerprint density at radius 3 is 2.59 bits per heavy atom. The molecular weight excluding hydrogens is 224 g/mol. The molecule has 1 unspecified atom stereocenters. The zero-order chi connectivity index (χ0) is 13.1. The highest BCUT2D eigenvalue weighted by molar-refractivity contribution is 5.76. The average molecular weight is 244 g/mol. The van der Waals surface area contributed by atoms with Gasteiger partial charge in [-0.1, -0.05) is 20.3 Å². The van der Waals surface area contributed by atoms with E-state index in [-0.39, 0.29) is 18.0 Å². The molecule has 0 heterocycles. The Hall–Kier alpha value is -1.30. The highest BCUT2D eigenvalue weighted by atomic mass is 16.4. The zero-order valence-electron chi connectivity index (χ0n) is 10.2. The summed E-state index contributed by atoms with van der Waals surface area (Å²) >= 11 is 0. The maximum atomic E-state index is 11.5. The van der Waals surface area contributed by atoms with Crippen molar-refractivity contribution in [2.24, 2.45) is 5.41 Å². The third-order valence-electron chi connectivity index (χ3n) is 3.30. The van der Waals surface area contributed by atoms with E-state index in [1.54, 1.807) is 0 Å². The van der Waals surface area contributed by atoms with Crippen LogP contribution in [0, 0.1) is 5.41 Å². The van der Waals surface area contributed by atoms with Gasteiger partial charge in [0.2, 0.25) is 0 Å². The van der Waals surface area contributed by atoms with Gasteiger partial charge >= 0.3 is 12.0 Å². The number of carboxylic acid groups (broad SMARTS) is 1. The number of hydrogen-bond donors (Lipinski definition) is 4. The number of carbonyl (C=O) groups is 2. The quantitative estimate of drug-likeness (QED) is 0.572. The lowest BCUT2D eigenvalue weighted by Gasteiger charge is -2.27. The lowest BCUT2D eigenvalue weighted by Crippen LogP contribution is -2.48. The molecule has 1 aliphatic carbocycles. The van der Waals surface area contributed by atoms with Crippen LogP contribution in [0.4, 0.5) is 4.79 Å². The van der Waals surface area contributed by atoms with E-state index in [0.29, 0.717) is 0 Å². The van der Waals surface area contributed by atoms with Crippen LogP contribution < -0.4 is 10.6 Å². The summed E-state index contributed by atoms with van der Waals surface area (Å²) in [6.45, 7) is 3.91. The first-order valence-corrected chi connectivity index (χ1v) is 5.78. The topological polar surface area (TPSA) is 98.7 Å². The molecule has 6 heteroatoms. The maximum Gasteiger partial charge on any atom is 0.334 e. The smallest absolute Gasteiger partial charge is 0.334 e. The molecular formula is C11H20N2O4. The fourth-order valence-electron chi connectivity index (χ4n) is 2.08. The molecule has 17 heavy (non-hydrogen) atoms. The van der Waals surface area contributed by atoms with Gasteiger partial charge in [0.25, 0.3) is 0 Å². The van der Waals surface area contributed by atoms with Crippen LogP contribution in [0.3, 0.4) is 0 Å². The van der Waals surface area contributed by atoms with Crippen molar-refractivity contribution in [3.63, 3.8) is 0 Å². The van der Waals surface area contributed by atoms with Crippen LogP contribution >= 0.6 is 0 Å². The maximum absolute atomic E-state index is 11.5. The summed E-state index contributed by atoms with van der Waals surface area (Å²) in [5, 5.41) is 22.6. The molecule has 1 rings (SSSR count). The Morgan fingerprint density at radius 1 is 1.47 bits per heavy atom. The number of rotatable bonds is 4. The van der Waals surface area contributed by atoms with Crippen molar-refractivity contribution in [2.45, 2.75) is 45.3 Å². The second kappa shape index (κ2) is 5.35. The normalized spacial score (nSPS) is 24.1. The molecule has 0 spiro atoms. The summed E-state index contributed by atoms with van der Waals surface area (Å²) in [7, 11) is 0. The van der Waals surface area contributed by atoms with E-state index in [4.69, 9.17) is 10.2 Å². The average Bonchev–Trinajstić information content (AvgIpc) is 2.54. The monoisotopic (exact) mass is 244 g/mol. The number of aliphatic hydroxyl groups is 1. The van der Waals surface area contributed by atoms with Gasteiger partial charge < -0.3 is 20.8 Å². The molecule has 1 aliphatic rings. The number of amides is 2.